The Bertz CT molecular complexity index is 384. The summed E-state index contributed by atoms with van der Waals surface area (Å²) in [4.78, 5) is 11.6. The topological polar surface area (TPSA) is 38.3 Å². The molecule has 0 bridgehead atoms. The zero-order chi connectivity index (χ0) is 12.8. The number of ether oxygens (including phenoxy) is 1. The summed E-state index contributed by atoms with van der Waals surface area (Å²) < 4.78 is 5.76. The molecule has 1 aliphatic rings. The molecule has 1 N–H and O–H groups in total. The number of amides is 1. The van der Waals surface area contributed by atoms with Gasteiger partial charge in [0.15, 0.2) is 0 Å². The number of hydrogen-bond acceptors (Lipinski definition) is 2. The molecule has 0 radical (unpaired) electrons. The molecule has 1 amide bonds. The zero-order valence-corrected chi connectivity index (χ0v) is 11.9. The van der Waals surface area contributed by atoms with Crippen molar-refractivity contribution in [1.82, 2.24) is 5.32 Å². The van der Waals surface area contributed by atoms with Crippen molar-refractivity contribution in [2.45, 2.75) is 31.8 Å². The number of alkyl halides is 1. The number of carbonyl (C=O) groups excluding carboxylic acids is 1. The number of halogens is 1. The molecule has 4 heteroatoms. The van der Waals surface area contributed by atoms with Gasteiger partial charge in [-0.1, -0.05) is 34.1 Å². The van der Waals surface area contributed by atoms with Gasteiger partial charge in [0.05, 0.1) is 6.54 Å². The summed E-state index contributed by atoms with van der Waals surface area (Å²) in [6, 6.07) is 8.05. The van der Waals surface area contributed by atoms with E-state index in [0.717, 1.165) is 30.3 Å². The van der Waals surface area contributed by atoms with Crippen LogP contribution in [0.5, 0.6) is 5.75 Å². The molecule has 1 heterocycles. The molecular formula is C14H18BrNO2. The molecule has 0 spiro atoms. The van der Waals surface area contributed by atoms with Gasteiger partial charge in [-0.3, -0.25) is 4.79 Å². The van der Waals surface area contributed by atoms with Gasteiger partial charge in [0, 0.05) is 18.2 Å². The number of nitrogens with one attached hydrogen (secondary N) is 1. The van der Waals surface area contributed by atoms with Crippen molar-refractivity contribution in [2.75, 3.05) is 11.9 Å². The molecule has 1 unspecified atom stereocenters. The number of benzene rings is 1. The summed E-state index contributed by atoms with van der Waals surface area (Å²) in [6.45, 7) is 0.599. The van der Waals surface area contributed by atoms with Crippen molar-refractivity contribution < 1.29 is 9.53 Å². The van der Waals surface area contributed by atoms with E-state index in [1.165, 1.54) is 5.56 Å². The van der Waals surface area contributed by atoms with E-state index in [2.05, 4.69) is 27.3 Å². The lowest BCUT2D eigenvalue weighted by atomic mass is 10.1. The van der Waals surface area contributed by atoms with Crippen molar-refractivity contribution in [3.05, 3.63) is 29.8 Å². The number of fused-ring (bicyclic) bond motifs is 1. The van der Waals surface area contributed by atoms with Crippen molar-refractivity contribution in [3.63, 3.8) is 0 Å². The van der Waals surface area contributed by atoms with Crippen LogP contribution in [0.4, 0.5) is 0 Å². The lowest BCUT2D eigenvalue weighted by Crippen LogP contribution is -2.34. The van der Waals surface area contributed by atoms with Crippen LogP contribution in [0.1, 0.15) is 24.8 Å². The molecule has 0 fully saturated rings. The first kappa shape index (κ1) is 13.4. The summed E-state index contributed by atoms with van der Waals surface area (Å²) in [6.07, 6.45) is 3.55. The quantitative estimate of drug-likeness (QED) is 0.648. The highest BCUT2D eigenvalue weighted by Gasteiger charge is 2.22. The predicted octanol–water partition coefficient (Wildman–Crippen LogP) is 2.67. The minimum atomic E-state index is 0.0857. The predicted molar refractivity (Wildman–Crippen MR) is 75.2 cm³/mol. The Labute approximate surface area is 116 Å². The highest BCUT2D eigenvalue weighted by molar-refractivity contribution is 9.09. The van der Waals surface area contributed by atoms with E-state index in [-0.39, 0.29) is 12.0 Å². The minimum absolute atomic E-state index is 0.0857. The Balaban J connectivity index is 1.69. The third kappa shape index (κ3) is 3.73. The van der Waals surface area contributed by atoms with Crippen LogP contribution in [0.2, 0.25) is 0 Å². The van der Waals surface area contributed by atoms with Crippen LogP contribution in [0, 0.1) is 0 Å². The van der Waals surface area contributed by atoms with Crippen LogP contribution < -0.4 is 10.1 Å². The molecule has 2 rings (SSSR count). The van der Waals surface area contributed by atoms with Gasteiger partial charge in [0.25, 0.3) is 0 Å². The Hall–Kier alpha value is -1.03. The Morgan fingerprint density at radius 2 is 2.22 bits per heavy atom. The van der Waals surface area contributed by atoms with Crippen LogP contribution >= 0.6 is 15.9 Å². The number of carbonyl (C=O) groups is 1. The van der Waals surface area contributed by atoms with Crippen molar-refractivity contribution >= 4 is 21.8 Å². The largest absolute Gasteiger partial charge is 0.488 e. The van der Waals surface area contributed by atoms with E-state index in [1.807, 2.05) is 18.2 Å². The Kier molecular flexibility index (Phi) is 5.05. The maximum Gasteiger partial charge on any atom is 0.220 e. The fourth-order valence-corrected chi connectivity index (χ4v) is 2.46. The number of para-hydroxylation sites is 1. The SMILES string of the molecule is O=C(CCCCBr)NCC1Cc2ccccc2O1. The molecule has 1 aromatic carbocycles. The third-order valence-corrected chi connectivity index (χ3v) is 3.59. The first-order valence-corrected chi connectivity index (χ1v) is 7.49. The highest BCUT2D eigenvalue weighted by atomic mass is 79.9. The van der Waals surface area contributed by atoms with Crippen LogP contribution in [0.3, 0.4) is 0 Å². The van der Waals surface area contributed by atoms with E-state index in [0.29, 0.717) is 13.0 Å². The molecular weight excluding hydrogens is 294 g/mol. The van der Waals surface area contributed by atoms with Gasteiger partial charge in [0.1, 0.15) is 11.9 Å². The molecule has 0 saturated carbocycles. The lowest BCUT2D eigenvalue weighted by Gasteiger charge is -2.11. The summed E-state index contributed by atoms with van der Waals surface area (Å²) >= 11 is 3.36. The van der Waals surface area contributed by atoms with E-state index in [9.17, 15) is 4.79 Å². The molecule has 98 valence electrons. The Morgan fingerprint density at radius 3 is 3.00 bits per heavy atom. The zero-order valence-electron chi connectivity index (χ0n) is 10.3. The maximum atomic E-state index is 11.6. The smallest absolute Gasteiger partial charge is 0.220 e. The number of hydrogen-bond donors (Lipinski definition) is 1. The van der Waals surface area contributed by atoms with Gasteiger partial charge in [-0.2, -0.15) is 0 Å². The first-order chi connectivity index (χ1) is 8.79. The fraction of sp³-hybridized carbons (Fsp3) is 0.500. The second kappa shape index (κ2) is 6.78. The monoisotopic (exact) mass is 311 g/mol. The van der Waals surface area contributed by atoms with Crippen LogP contribution in [0.15, 0.2) is 24.3 Å². The van der Waals surface area contributed by atoms with Gasteiger partial charge in [-0.05, 0) is 24.5 Å². The van der Waals surface area contributed by atoms with Crippen LogP contribution in [0.25, 0.3) is 0 Å². The van der Waals surface area contributed by atoms with Gasteiger partial charge in [-0.25, -0.2) is 0 Å². The van der Waals surface area contributed by atoms with Gasteiger partial charge < -0.3 is 10.1 Å². The van der Waals surface area contributed by atoms with Gasteiger partial charge in [0.2, 0.25) is 5.91 Å². The summed E-state index contributed by atoms with van der Waals surface area (Å²) in [7, 11) is 0. The standard InChI is InChI=1S/C14H18BrNO2/c15-8-4-3-7-14(17)16-10-12-9-11-5-1-2-6-13(11)18-12/h1-2,5-6,12H,3-4,7-10H2,(H,16,17). The van der Waals surface area contributed by atoms with Crippen LogP contribution in [-0.4, -0.2) is 23.9 Å². The normalized spacial score (nSPS) is 17.1. The van der Waals surface area contributed by atoms with Crippen LogP contribution in [-0.2, 0) is 11.2 Å². The van der Waals surface area contributed by atoms with E-state index >= 15 is 0 Å². The minimum Gasteiger partial charge on any atom is -0.488 e. The summed E-state index contributed by atoms with van der Waals surface area (Å²) in [5.74, 6) is 1.08. The van der Waals surface area contributed by atoms with Gasteiger partial charge in [-0.15, -0.1) is 0 Å². The molecule has 0 aromatic heterocycles. The van der Waals surface area contributed by atoms with Crippen molar-refractivity contribution in [1.29, 1.82) is 0 Å². The molecule has 1 atom stereocenters. The number of rotatable bonds is 6. The number of unbranched alkanes of at least 4 members (excludes halogenated alkanes) is 1. The van der Waals surface area contributed by atoms with E-state index in [4.69, 9.17) is 4.74 Å². The molecule has 0 saturated heterocycles. The van der Waals surface area contributed by atoms with Gasteiger partial charge >= 0.3 is 0 Å². The average molecular weight is 312 g/mol. The second-order valence-electron chi connectivity index (χ2n) is 4.50. The first-order valence-electron chi connectivity index (χ1n) is 6.37. The highest BCUT2D eigenvalue weighted by Crippen LogP contribution is 2.27. The van der Waals surface area contributed by atoms with Crippen molar-refractivity contribution in [3.8, 4) is 5.75 Å². The summed E-state index contributed by atoms with van der Waals surface area (Å²) in [5, 5.41) is 3.90. The average Bonchev–Trinajstić information content (AvgIpc) is 2.79. The second-order valence-corrected chi connectivity index (χ2v) is 5.29. The third-order valence-electron chi connectivity index (χ3n) is 3.03. The van der Waals surface area contributed by atoms with E-state index in [1.54, 1.807) is 0 Å². The molecule has 3 nitrogen and oxygen atoms in total. The lowest BCUT2D eigenvalue weighted by molar-refractivity contribution is -0.121. The van der Waals surface area contributed by atoms with E-state index < -0.39 is 0 Å². The maximum absolute atomic E-state index is 11.6. The Morgan fingerprint density at radius 1 is 1.39 bits per heavy atom. The fourth-order valence-electron chi connectivity index (χ4n) is 2.06. The molecule has 1 aliphatic heterocycles. The molecule has 0 aliphatic carbocycles. The van der Waals surface area contributed by atoms with Crippen molar-refractivity contribution in [2.24, 2.45) is 0 Å². The molecule has 18 heavy (non-hydrogen) atoms. The summed E-state index contributed by atoms with van der Waals surface area (Å²) in [5.41, 5.74) is 1.23. The molecule has 1 aromatic rings.